The highest BCUT2D eigenvalue weighted by Crippen LogP contribution is 2.08. The minimum Gasteiger partial charge on any atom is -0.260 e. The van der Waals surface area contributed by atoms with Gasteiger partial charge in [0.2, 0.25) is 0 Å². The molecule has 0 saturated heterocycles. The second-order valence-electron chi connectivity index (χ2n) is 2.01. The molecule has 0 saturated carbocycles. The first-order chi connectivity index (χ1) is 5.47. The molecule has 0 amide bonds. The van der Waals surface area contributed by atoms with E-state index < -0.39 is 0 Å². The Kier molecular flexibility index (Phi) is 2.78. The van der Waals surface area contributed by atoms with Gasteiger partial charge in [-0.25, -0.2) is 4.99 Å². The van der Waals surface area contributed by atoms with Crippen molar-refractivity contribution in [3.05, 3.63) is 24.3 Å². The summed E-state index contributed by atoms with van der Waals surface area (Å²) >= 11 is 0. The van der Waals surface area contributed by atoms with E-state index in [1.807, 2.05) is 38.2 Å². The predicted octanol–water partition coefficient (Wildman–Crippen LogP) is 1.99. The SMILES string of the molecule is C1=CC2=NC=NC2C=C1.CC. The fraction of sp³-hybridized carbons (Fsp3) is 0.333. The van der Waals surface area contributed by atoms with E-state index in [0.717, 1.165) is 5.71 Å². The van der Waals surface area contributed by atoms with Gasteiger partial charge in [0.1, 0.15) is 12.4 Å². The van der Waals surface area contributed by atoms with E-state index in [-0.39, 0.29) is 6.04 Å². The molecule has 2 aliphatic rings. The first kappa shape index (κ1) is 7.92. The van der Waals surface area contributed by atoms with Crippen molar-refractivity contribution in [3.8, 4) is 0 Å². The molecule has 0 aromatic rings. The molecule has 11 heavy (non-hydrogen) atoms. The molecule has 1 heterocycles. The summed E-state index contributed by atoms with van der Waals surface area (Å²) < 4.78 is 0. The van der Waals surface area contributed by atoms with Gasteiger partial charge in [0.25, 0.3) is 0 Å². The lowest BCUT2D eigenvalue weighted by atomic mass is 10.1. The van der Waals surface area contributed by atoms with Crippen LogP contribution in [0.1, 0.15) is 13.8 Å². The Labute approximate surface area is 67.1 Å². The summed E-state index contributed by atoms with van der Waals surface area (Å²) in [7, 11) is 0. The number of aliphatic imine (C=N–C) groups is 2. The maximum atomic E-state index is 4.09. The normalized spacial score (nSPS) is 23.8. The van der Waals surface area contributed by atoms with Gasteiger partial charge in [0, 0.05) is 0 Å². The van der Waals surface area contributed by atoms with Crippen LogP contribution in [0.15, 0.2) is 34.3 Å². The number of rotatable bonds is 0. The van der Waals surface area contributed by atoms with Gasteiger partial charge in [-0.15, -0.1) is 0 Å². The van der Waals surface area contributed by atoms with Gasteiger partial charge >= 0.3 is 0 Å². The lowest BCUT2D eigenvalue weighted by molar-refractivity contribution is 1.11. The zero-order valence-corrected chi connectivity index (χ0v) is 6.86. The molecule has 0 bridgehead atoms. The number of fused-ring (bicyclic) bond motifs is 1. The molecule has 1 unspecified atom stereocenters. The van der Waals surface area contributed by atoms with E-state index in [1.165, 1.54) is 0 Å². The first-order valence-corrected chi connectivity index (χ1v) is 3.91. The zero-order chi connectivity index (χ0) is 8.10. The van der Waals surface area contributed by atoms with E-state index in [4.69, 9.17) is 0 Å². The highest BCUT2D eigenvalue weighted by Gasteiger charge is 2.12. The molecule has 0 aromatic heterocycles. The lowest BCUT2D eigenvalue weighted by Crippen LogP contribution is -2.11. The van der Waals surface area contributed by atoms with Crippen molar-refractivity contribution >= 4 is 12.1 Å². The van der Waals surface area contributed by atoms with Gasteiger partial charge in [0.05, 0.1) is 5.71 Å². The molecule has 58 valence electrons. The Morgan fingerprint density at radius 3 is 2.82 bits per heavy atom. The van der Waals surface area contributed by atoms with Crippen LogP contribution in [0, 0.1) is 0 Å². The van der Waals surface area contributed by atoms with Crippen LogP contribution in [0.3, 0.4) is 0 Å². The van der Waals surface area contributed by atoms with Crippen LogP contribution in [0.4, 0.5) is 0 Å². The molecule has 1 atom stereocenters. The molecule has 0 N–H and O–H groups in total. The van der Waals surface area contributed by atoms with Crippen molar-refractivity contribution in [1.29, 1.82) is 0 Å². The molecule has 2 nitrogen and oxygen atoms in total. The van der Waals surface area contributed by atoms with Crippen molar-refractivity contribution in [2.45, 2.75) is 19.9 Å². The van der Waals surface area contributed by atoms with E-state index in [0.29, 0.717) is 0 Å². The predicted molar refractivity (Wildman–Crippen MR) is 49.3 cm³/mol. The van der Waals surface area contributed by atoms with Crippen molar-refractivity contribution in [3.63, 3.8) is 0 Å². The van der Waals surface area contributed by atoms with Gasteiger partial charge in [-0.1, -0.05) is 32.1 Å². The quantitative estimate of drug-likeness (QED) is 0.502. The summed E-state index contributed by atoms with van der Waals surface area (Å²) in [6, 6.07) is 0.218. The minimum absolute atomic E-state index is 0.218. The van der Waals surface area contributed by atoms with Crippen molar-refractivity contribution in [1.82, 2.24) is 0 Å². The average Bonchev–Trinajstić information content (AvgIpc) is 2.55. The molecule has 2 heteroatoms. The Bertz CT molecular complexity index is 234. The molecule has 1 aliphatic heterocycles. The Hall–Kier alpha value is -1.18. The average molecular weight is 148 g/mol. The highest BCUT2D eigenvalue weighted by atomic mass is 15.0. The number of nitrogens with zero attached hydrogens (tertiary/aromatic N) is 2. The van der Waals surface area contributed by atoms with Crippen LogP contribution >= 0.6 is 0 Å². The maximum Gasteiger partial charge on any atom is 0.112 e. The molecule has 0 aromatic carbocycles. The van der Waals surface area contributed by atoms with E-state index in [2.05, 4.69) is 9.98 Å². The monoisotopic (exact) mass is 148 g/mol. The standard InChI is InChI=1S/C7H6N2.C2H6/c1-2-4-7-6(3-1)8-5-9-7;1-2/h1-6H;1-2H3. The number of hydrogen-bond donors (Lipinski definition) is 0. The van der Waals surface area contributed by atoms with Crippen LogP contribution in [0.2, 0.25) is 0 Å². The molecule has 0 spiro atoms. The fourth-order valence-corrected chi connectivity index (χ4v) is 0.938. The van der Waals surface area contributed by atoms with Crippen molar-refractivity contribution in [2.24, 2.45) is 9.98 Å². The smallest absolute Gasteiger partial charge is 0.112 e. The van der Waals surface area contributed by atoms with Gasteiger partial charge in [-0.2, -0.15) is 0 Å². The summed E-state index contributed by atoms with van der Waals surface area (Å²) in [6.45, 7) is 4.00. The third kappa shape index (κ3) is 1.64. The van der Waals surface area contributed by atoms with Crippen LogP contribution < -0.4 is 0 Å². The topological polar surface area (TPSA) is 24.7 Å². The molecular formula is C9H12N2. The van der Waals surface area contributed by atoms with Gasteiger partial charge in [-0.3, -0.25) is 4.99 Å². The molecule has 1 aliphatic carbocycles. The van der Waals surface area contributed by atoms with E-state index >= 15 is 0 Å². The highest BCUT2D eigenvalue weighted by molar-refractivity contribution is 6.08. The van der Waals surface area contributed by atoms with E-state index in [9.17, 15) is 0 Å². The second-order valence-corrected chi connectivity index (χ2v) is 2.01. The summed E-state index contributed by atoms with van der Waals surface area (Å²) in [5, 5.41) is 0. The summed E-state index contributed by atoms with van der Waals surface area (Å²) in [6.07, 6.45) is 9.59. The van der Waals surface area contributed by atoms with Crippen molar-refractivity contribution < 1.29 is 0 Å². The van der Waals surface area contributed by atoms with Crippen LogP contribution in [-0.4, -0.2) is 18.1 Å². The Balaban J connectivity index is 0.000000281. The molecule has 0 radical (unpaired) electrons. The third-order valence-electron chi connectivity index (χ3n) is 1.41. The molecule has 0 fully saturated rings. The van der Waals surface area contributed by atoms with Crippen molar-refractivity contribution in [2.75, 3.05) is 0 Å². The van der Waals surface area contributed by atoms with Crippen LogP contribution in [0.5, 0.6) is 0 Å². The lowest BCUT2D eigenvalue weighted by Gasteiger charge is -2.02. The van der Waals surface area contributed by atoms with Crippen LogP contribution in [0.25, 0.3) is 0 Å². The largest absolute Gasteiger partial charge is 0.260 e. The zero-order valence-electron chi connectivity index (χ0n) is 6.86. The third-order valence-corrected chi connectivity index (χ3v) is 1.41. The maximum absolute atomic E-state index is 4.09. The van der Waals surface area contributed by atoms with Crippen LogP contribution in [-0.2, 0) is 0 Å². The Morgan fingerprint density at radius 2 is 2.09 bits per heavy atom. The number of allylic oxidation sites excluding steroid dienone is 2. The second kappa shape index (κ2) is 3.86. The molecule has 2 rings (SSSR count). The summed E-state index contributed by atoms with van der Waals surface area (Å²) in [5.74, 6) is 0. The Morgan fingerprint density at radius 1 is 1.27 bits per heavy atom. The first-order valence-electron chi connectivity index (χ1n) is 3.91. The molecular weight excluding hydrogens is 136 g/mol. The number of hydrogen-bond acceptors (Lipinski definition) is 2. The van der Waals surface area contributed by atoms with E-state index in [1.54, 1.807) is 6.34 Å². The summed E-state index contributed by atoms with van der Waals surface area (Å²) in [5.41, 5.74) is 1.05. The summed E-state index contributed by atoms with van der Waals surface area (Å²) in [4.78, 5) is 8.14. The van der Waals surface area contributed by atoms with Gasteiger partial charge < -0.3 is 0 Å². The van der Waals surface area contributed by atoms with Gasteiger partial charge in [0.15, 0.2) is 0 Å². The minimum atomic E-state index is 0.218. The van der Waals surface area contributed by atoms with Gasteiger partial charge in [-0.05, 0) is 6.08 Å². The fourth-order valence-electron chi connectivity index (χ4n) is 0.938.